The number of aromatic nitrogens is 2. The van der Waals surface area contributed by atoms with Crippen molar-refractivity contribution in [2.45, 2.75) is 19.8 Å². The second-order valence-electron chi connectivity index (χ2n) is 4.23. The van der Waals surface area contributed by atoms with Gasteiger partial charge in [0.05, 0.1) is 15.0 Å². The molecule has 0 aliphatic carbocycles. The Bertz CT molecular complexity index is 594. The van der Waals surface area contributed by atoms with Gasteiger partial charge in [0.2, 0.25) is 0 Å². The van der Waals surface area contributed by atoms with Gasteiger partial charge in [-0.15, -0.1) is 11.3 Å². The summed E-state index contributed by atoms with van der Waals surface area (Å²) in [6.07, 6.45) is 0. The average Bonchev–Trinajstić information content (AvgIpc) is 2.69. The first-order valence-corrected chi connectivity index (χ1v) is 8.42. The fourth-order valence-corrected chi connectivity index (χ4v) is 4.05. The molecular formula is C12H12Br2ClN3S. The van der Waals surface area contributed by atoms with Crippen molar-refractivity contribution in [1.29, 1.82) is 0 Å². The summed E-state index contributed by atoms with van der Waals surface area (Å²) >= 11 is 14.5. The summed E-state index contributed by atoms with van der Waals surface area (Å²) in [5.41, 5.74) is 0.981. The van der Waals surface area contributed by atoms with Crippen LogP contribution in [0.2, 0.25) is 4.34 Å². The molecule has 3 nitrogen and oxygen atoms in total. The Balaban J connectivity index is 2.60. The molecule has 2 aromatic rings. The molecule has 2 heterocycles. The molecule has 0 saturated carbocycles. The van der Waals surface area contributed by atoms with Gasteiger partial charge >= 0.3 is 0 Å². The van der Waals surface area contributed by atoms with Gasteiger partial charge in [0.1, 0.15) is 10.2 Å². The van der Waals surface area contributed by atoms with Crippen molar-refractivity contribution in [3.05, 3.63) is 25.0 Å². The number of nitrogens with zero attached hydrogens (tertiary/aromatic N) is 2. The summed E-state index contributed by atoms with van der Waals surface area (Å²) in [6, 6.07) is 1.94. The van der Waals surface area contributed by atoms with E-state index in [0.29, 0.717) is 16.1 Å². The molecule has 1 N–H and O–H groups in total. The second-order valence-corrected chi connectivity index (χ2v) is 7.53. The number of nitrogens with one attached hydrogen (secondary N) is 1. The number of anilines is 1. The zero-order valence-electron chi connectivity index (χ0n) is 10.6. The largest absolute Gasteiger partial charge is 0.372 e. The topological polar surface area (TPSA) is 37.8 Å². The summed E-state index contributed by atoms with van der Waals surface area (Å²) in [5.74, 6) is 1.78. The molecule has 19 heavy (non-hydrogen) atoms. The molecule has 0 radical (unpaired) electrons. The third-order valence-corrected chi connectivity index (χ3v) is 5.78. The van der Waals surface area contributed by atoms with E-state index in [0.717, 1.165) is 25.3 Å². The SMILES string of the molecule is CNc1nc(-c2cc(Br)c(Cl)s2)nc(C(C)C)c1Br. The van der Waals surface area contributed by atoms with Crippen molar-refractivity contribution < 1.29 is 0 Å². The fraction of sp³-hybridized carbons (Fsp3) is 0.333. The highest BCUT2D eigenvalue weighted by Gasteiger charge is 2.17. The van der Waals surface area contributed by atoms with E-state index in [2.05, 4.69) is 61.0 Å². The molecule has 2 rings (SSSR count). The molecule has 0 saturated heterocycles. The minimum atomic E-state index is 0.307. The highest BCUT2D eigenvalue weighted by atomic mass is 79.9. The van der Waals surface area contributed by atoms with E-state index in [9.17, 15) is 0 Å². The standard InChI is InChI=1S/C12H12Br2ClN3S/c1-5(2)9-8(14)12(16-3)18-11(17-9)7-4-6(13)10(15)19-7/h4-5H,1-3H3,(H,16,17,18). The van der Waals surface area contributed by atoms with Gasteiger partial charge in [-0.1, -0.05) is 25.4 Å². The van der Waals surface area contributed by atoms with Crippen LogP contribution in [-0.2, 0) is 0 Å². The zero-order valence-corrected chi connectivity index (χ0v) is 15.3. The first kappa shape index (κ1) is 15.2. The van der Waals surface area contributed by atoms with E-state index in [1.165, 1.54) is 11.3 Å². The van der Waals surface area contributed by atoms with Gasteiger partial charge < -0.3 is 5.32 Å². The van der Waals surface area contributed by atoms with Crippen LogP contribution in [0.3, 0.4) is 0 Å². The van der Waals surface area contributed by atoms with Crippen LogP contribution in [0.4, 0.5) is 5.82 Å². The number of rotatable bonds is 3. The van der Waals surface area contributed by atoms with E-state index in [1.54, 1.807) is 0 Å². The highest BCUT2D eigenvalue weighted by Crippen LogP contribution is 2.38. The van der Waals surface area contributed by atoms with Crippen molar-refractivity contribution in [3.8, 4) is 10.7 Å². The minimum Gasteiger partial charge on any atom is -0.372 e. The van der Waals surface area contributed by atoms with Crippen molar-refractivity contribution in [1.82, 2.24) is 9.97 Å². The minimum absolute atomic E-state index is 0.307. The van der Waals surface area contributed by atoms with Crippen molar-refractivity contribution >= 4 is 60.6 Å². The van der Waals surface area contributed by atoms with Gasteiger partial charge in [-0.25, -0.2) is 9.97 Å². The van der Waals surface area contributed by atoms with Gasteiger partial charge in [0.15, 0.2) is 5.82 Å². The number of hydrogen-bond acceptors (Lipinski definition) is 4. The van der Waals surface area contributed by atoms with Gasteiger partial charge in [-0.05, 0) is 43.8 Å². The molecule has 0 amide bonds. The Kier molecular flexibility index (Phi) is 4.87. The maximum absolute atomic E-state index is 6.08. The maximum Gasteiger partial charge on any atom is 0.172 e. The molecule has 0 aliphatic rings. The van der Waals surface area contributed by atoms with Crippen LogP contribution in [-0.4, -0.2) is 17.0 Å². The fourth-order valence-electron chi connectivity index (χ4n) is 1.58. The molecule has 0 aromatic carbocycles. The van der Waals surface area contributed by atoms with Crippen molar-refractivity contribution in [2.75, 3.05) is 12.4 Å². The Morgan fingerprint density at radius 2 is 2.00 bits per heavy atom. The van der Waals surface area contributed by atoms with Gasteiger partial charge in [0, 0.05) is 11.5 Å². The van der Waals surface area contributed by atoms with Crippen molar-refractivity contribution in [3.63, 3.8) is 0 Å². The smallest absolute Gasteiger partial charge is 0.172 e. The Labute approximate surface area is 138 Å². The molecule has 2 aromatic heterocycles. The summed E-state index contributed by atoms with van der Waals surface area (Å²) in [4.78, 5) is 10.1. The Morgan fingerprint density at radius 3 is 2.47 bits per heavy atom. The lowest BCUT2D eigenvalue weighted by atomic mass is 10.1. The molecule has 7 heteroatoms. The summed E-state index contributed by atoms with van der Waals surface area (Å²) in [6.45, 7) is 4.21. The van der Waals surface area contributed by atoms with E-state index in [1.807, 2.05) is 13.1 Å². The van der Waals surface area contributed by atoms with Gasteiger partial charge in [-0.3, -0.25) is 0 Å². The quantitative estimate of drug-likeness (QED) is 0.701. The van der Waals surface area contributed by atoms with E-state index in [-0.39, 0.29) is 0 Å². The third-order valence-electron chi connectivity index (χ3n) is 2.53. The molecular weight excluding hydrogens is 413 g/mol. The van der Waals surface area contributed by atoms with Crippen LogP contribution in [0.1, 0.15) is 25.5 Å². The van der Waals surface area contributed by atoms with Crippen LogP contribution in [0.15, 0.2) is 15.0 Å². The van der Waals surface area contributed by atoms with Crippen molar-refractivity contribution in [2.24, 2.45) is 0 Å². The van der Waals surface area contributed by atoms with Gasteiger partial charge in [-0.2, -0.15) is 0 Å². The number of hydrogen-bond donors (Lipinski definition) is 1. The van der Waals surface area contributed by atoms with E-state index >= 15 is 0 Å². The predicted molar refractivity (Wildman–Crippen MR) is 89.4 cm³/mol. The first-order valence-electron chi connectivity index (χ1n) is 5.64. The Hall–Kier alpha value is -0.170. The molecule has 102 valence electrons. The van der Waals surface area contributed by atoms with Crippen LogP contribution in [0, 0.1) is 0 Å². The van der Waals surface area contributed by atoms with Crippen LogP contribution >= 0.6 is 54.8 Å². The number of halogens is 3. The van der Waals surface area contributed by atoms with Crippen LogP contribution in [0.25, 0.3) is 10.7 Å². The molecule has 0 bridgehead atoms. The third kappa shape index (κ3) is 3.12. The lowest BCUT2D eigenvalue weighted by Crippen LogP contribution is -2.04. The van der Waals surface area contributed by atoms with Crippen LogP contribution < -0.4 is 5.32 Å². The molecule has 0 fully saturated rings. The van der Waals surface area contributed by atoms with Crippen LogP contribution in [0.5, 0.6) is 0 Å². The lowest BCUT2D eigenvalue weighted by molar-refractivity contribution is 0.810. The normalized spacial score (nSPS) is 11.1. The maximum atomic E-state index is 6.08. The Morgan fingerprint density at radius 1 is 1.32 bits per heavy atom. The second kappa shape index (κ2) is 6.08. The number of thiophene rings is 1. The molecule has 0 spiro atoms. The molecule has 0 unspecified atom stereocenters. The summed E-state index contributed by atoms with van der Waals surface area (Å²) < 4.78 is 2.49. The average molecular weight is 426 g/mol. The predicted octanol–water partition coefficient (Wildman–Crippen LogP) is 5.55. The lowest BCUT2D eigenvalue weighted by Gasteiger charge is -2.12. The van der Waals surface area contributed by atoms with E-state index < -0.39 is 0 Å². The summed E-state index contributed by atoms with van der Waals surface area (Å²) in [5, 5.41) is 3.08. The molecule has 0 aliphatic heterocycles. The monoisotopic (exact) mass is 423 g/mol. The zero-order chi connectivity index (χ0) is 14.2. The summed E-state index contributed by atoms with van der Waals surface area (Å²) in [7, 11) is 1.85. The highest BCUT2D eigenvalue weighted by molar-refractivity contribution is 9.11. The van der Waals surface area contributed by atoms with Gasteiger partial charge in [0.25, 0.3) is 0 Å². The van der Waals surface area contributed by atoms with E-state index in [4.69, 9.17) is 11.6 Å². The molecule has 0 atom stereocenters. The first-order chi connectivity index (χ1) is 8.93.